The van der Waals surface area contributed by atoms with Crippen molar-refractivity contribution in [2.75, 3.05) is 0 Å². The standard InChI is InChI=1S/C13H20FNO2S/c1-9(2)10-6-7-11(14)12(8-10)18(16,17)15-13(3,4)5/h6-9,15H,1-5H3. The molecule has 0 aliphatic carbocycles. The van der Waals surface area contributed by atoms with Crippen LogP contribution in [0.25, 0.3) is 0 Å². The zero-order chi connectivity index (χ0) is 14.1. The Morgan fingerprint density at radius 1 is 1.22 bits per heavy atom. The van der Waals surface area contributed by atoms with E-state index in [1.807, 2.05) is 13.8 Å². The van der Waals surface area contributed by atoms with E-state index in [1.165, 1.54) is 12.1 Å². The van der Waals surface area contributed by atoms with Gasteiger partial charge in [-0.1, -0.05) is 19.9 Å². The largest absolute Gasteiger partial charge is 0.243 e. The monoisotopic (exact) mass is 273 g/mol. The van der Waals surface area contributed by atoms with Crippen molar-refractivity contribution in [3.05, 3.63) is 29.6 Å². The van der Waals surface area contributed by atoms with Crippen molar-refractivity contribution in [1.29, 1.82) is 0 Å². The van der Waals surface area contributed by atoms with Crippen molar-refractivity contribution in [1.82, 2.24) is 4.72 Å². The Kier molecular flexibility index (Phi) is 4.18. The van der Waals surface area contributed by atoms with E-state index in [9.17, 15) is 12.8 Å². The van der Waals surface area contributed by atoms with Crippen molar-refractivity contribution in [3.63, 3.8) is 0 Å². The van der Waals surface area contributed by atoms with E-state index in [0.29, 0.717) is 0 Å². The average molecular weight is 273 g/mol. The molecule has 0 heterocycles. The molecule has 0 atom stereocenters. The summed E-state index contributed by atoms with van der Waals surface area (Å²) in [5, 5.41) is 0. The van der Waals surface area contributed by atoms with Crippen LogP contribution in [0.15, 0.2) is 23.1 Å². The number of hydrogen-bond donors (Lipinski definition) is 1. The zero-order valence-corrected chi connectivity index (χ0v) is 12.2. The van der Waals surface area contributed by atoms with Gasteiger partial charge in [0.15, 0.2) is 0 Å². The molecule has 0 fully saturated rings. The molecular formula is C13H20FNO2S. The van der Waals surface area contributed by atoms with Gasteiger partial charge in [-0.15, -0.1) is 0 Å². The fourth-order valence-electron chi connectivity index (χ4n) is 1.54. The molecule has 5 heteroatoms. The van der Waals surface area contributed by atoms with E-state index in [0.717, 1.165) is 5.56 Å². The Balaban J connectivity index is 3.28. The van der Waals surface area contributed by atoms with Gasteiger partial charge < -0.3 is 0 Å². The second-order valence-electron chi connectivity index (χ2n) is 5.70. The fraction of sp³-hybridized carbons (Fsp3) is 0.538. The van der Waals surface area contributed by atoms with Crippen molar-refractivity contribution in [2.24, 2.45) is 0 Å². The predicted molar refractivity (Wildman–Crippen MR) is 70.6 cm³/mol. The summed E-state index contributed by atoms with van der Waals surface area (Å²) in [7, 11) is -3.83. The lowest BCUT2D eigenvalue weighted by Crippen LogP contribution is -2.40. The molecule has 0 radical (unpaired) electrons. The summed E-state index contributed by atoms with van der Waals surface area (Å²) in [6, 6.07) is 4.21. The summed E-state index contributed by atoms with van der Waals surface area (Å²) < 4.78 is 40.3. The molecule has 18 heavy (non-hydrogen) atoms. The normalized spacial score (nSPS) is 13.1. The minimum absolute atomic E-state index is 0.147. The molecule has 1 aromatic carbocycles. The molecule has 102 valence electrons. The Hall–Kier alpha value is -0.940. The minimum atomic E-state index is -3.83. The average Bonchev–Trinajstić information content (AvgIpc) is 2.13. The van der Waals surface area contributed by atoms with E-state index in [1.54, 1.807) is 26.8 Å². The minimum Gasteiger partial charge on any atom is -0.207 e. The third-order valence-corrected chi connectivity index (χ3v) is 4.12. The van der Waals surface area contributed by atoms with Crippen LogP contribution < -0.4 is 4.72 Å². The summed E-state index contributed by atoms with van der Waals surface area (Å²) in [6.45, 7) is 9.01. The van der Waals surface area contributed by atoms with Crippen LogP contribution in [0.3, 0.4) is 0 Å². The lowest BCUT2D eigenvalue weighted by molar-refractivity contribution is 0.486. The number of rotatable bonds is 3. The lowest BCUT2D eigenvalue weighted by atomic mass is 10.0. The maximum Gasteiger partial charge on any atom is 0.243 e. The van der Waals surface area contributed by atoms with Crippen LogP contribution in [0.5, 0.6) is 0 Å². The highest BCUT2D eigenvalue weighted by atomic mass is 32.2. The molecule has 0 bridgehead atoms. The van der Waals surface area contributed by atoms with Gasteiger partial charge in [0, 0.05) is 5.54 Å². The van der Waals surface area contributed by atoms with Gasteiger partial charge >= 0.3 is 0 Å². The quantitative estimate of drug-likeness (QED) is 0.920. The first-order valence-corrected chi connectivity index (χ1v) is 7.35. The smallest absolute Gasteiger partial charge is 0.207 e. The van der Waals surface area contributed by atoms with Crippen LogP contribution >= 0.6 is 0 Å². The number of nitrogens with one attached hydrogen (secondary N) is 1. The molecular weight excluding hydrogens is 253 g/mol. The molecule has 1 rings (SSSR count). The summed E-state index contributed by atoms with van der Waals surface area (Å²) in [6.07, 6.45) is 0. The van der Waals surface area contributed by atoms with E-state index in [-0.39, 0.29) is 10.8 Å². The molecule has 0 aliphatic heterocycles. The van der Waals surface area contributed by atoms with Gasteiger partial charge in [0.05, 0.1) is 0 Å². The van der Waals surface area contributed by atoms with Crippen LogP contribution in [0.1, 0.15) is 46.1 Å². The van der Waals surface area contributed by atoms with Gasteiger partial charge in [0.25, 0.3) is 0 Å². The van der Waals surface area contributed by atoms with Gasteiger partial charge in [-0.3, -0.25) is 0 Å². The van der Waals surface area contributed by atoms with Crippen molar-refractivity contribution >= 4 is 10.0 Å². The molecule has 0 aliphatic rings. The Labute approximate surface area is 108 Å². The highest BCUT2D eigenvalue weighted by molar-refractivity contribution is 7.89. The first-order chi connectivity index (χ1) is 8.03. The van der Waals surface area contributed by atoms with E-state index < -0.39 is 21.4 Å². The highest BCUT2D eigenvalue weighted by Gasteiger charge is 2.25. The molecule has 0 aromatic heterocycles. The van der Waals surface area contributed by atoms with Crippen molar-refractivity contribution < 1.29 is 12.8 Å². The number of hydrogen-bond acceptors (Lipinski definition) is 2. The predicted octanol–water partition coefficient (Wildman–Crippen LogP) is 3.03. The van der Waals surface area contributed by atoms with Gasteiger partial charge in [-0.25, -0.2) is 17.5 Å². The van der Waals surface area contributed by atoms with Gasteiger partial charge in [-0.2, -0.15) is 0 Å². The Bertz CT molecular complexity index is 530. The maximum atomic E-state index is 13.7. The van der Waals surface area contributed by atoms with E-state index in [2.05, 4.69) is 4.72 Å². The summed E-state index contributed by atoms with van der Waals surface area (Å²) >= 11 is 0. The summed E-state index contributed by atoms with van der Waals surface area (Å²) in [5.74, 6) is -0.578. The van der Waals surface area contributed by atoms with Gasteiger partial charge in [-0.05, 0) is 44.4 Å². The first kappa shape index (κ1) is 15.1. The Morgan fingerprint density at radius 3 is 2.22 bits per heavy atom. The molecule has 1 aromatic rings. The number of benzene rings is 1. The Morgan fingerprint density at radius 2 is 1.78 bits per heavy atom. The van der Waals surface area contributed by atoms with Crippen molar-refractivity contribution in [3.8, 4) is 0 Å². The van der Waals surface area contributed by atoms with Crippen LogP contribution in [0.2, 0.25) is 0 Å². The number of sulfonamides is 1. The zero-order valence-electron chi connectivity index (χ0n) is 11.4. The fourth-order valence-corrected chi connectivity index (χ4v) is 3.08. The molecule has 3 nitrogen and oxygen atoms in total. The second kappa shape index (κ2) is 4.97. The molecule has 0 saturated carbocycles. The third kappa shape index (κ3) is 3.78. The topological polar surface area (TPSA) is 46.2 Å². The third-order valence-electron chi connectivity index (χ3n) is 2.35. The lowest BCUT2D eigenvalue weighted by Gasteiger charge is -2.21. The second-order valence-corrected chi connectivity index (χ2v) is 7.35. The molecule has 0 unspecified atom stereocenters. The van der Waals surface area contributed by atoms with E-state index >= 15 is 0 Å². The SMILES string of the molecule is CC(C)c1ccc(F)c(S(=O)(=O)NC(C)(C)C)c1. The summed E-state index contributed by atoms with van der Waals surface area (Å²) in [5.41, 5.74) is 0.157. The van der Waals surface area contributed by atoms with Crippen LogP contribution in [-0.2, 0) is 10.0 Å². The van der Waals surface area contributed by atoms with Crippen LogP contribution in [0, 0.1) is 5.82 Å². The highest BCUT2D eigenvalue weighted by Crippen LogP contribution is 2.22. The molecule has 0 spiro atoms. The van der Waals surface area contributed by atoms with Crippen molar-refractivity contribution in [2.45, 2.75) is 51.0 Å². The molecule has 0 saturated heterocycles. The molecule has 0 amide bonds. The summed E-state index contributed by atoms with van der Waals surface area (Å²) in [4.78, 5) is -0.288. The van der Waals surface area contributed by atoms with Gasteiger partial charge in [0.2, 0.25) is 10.0 Å². The van der Waals surface area contributed by atoms with E-state index in [4.69, 9.17) is 0 Å². The van der Waals surface area contributed by atoms with Crippen LogP contribution in [0.4, 0.5) is 4.39 Å². The maximum absolute atomic E-state index is 13.7. The molecule has 1 N–H and O–H groups in total. The van der Waals surface area contributed by atoms with Gasteiger partial charge in [0.1, 0.15) is 10.7 Å². The van der Waals surface area contributed by atoms with Crippen LogP contribution in [-0.4, -0.2) is 14.0 Å². The first-order valence-electron chi connectivity index (χ1n) is 5.86. The number of halogens is 1.